The molecule has 0 amide bonds. The Morgan fingerprint density at radius 2 is 1.29 bits per heavy atom. The minimum atomic E-state index is -4.24. The molecule has 0 aliphatic carbocycles. The van der Waals surface area contributed by atoms with Crippen LogP contribution in [0.25, 0.3) is 0 Å². The molecule has 0 spiro atoms. The summed E-state index contributed by atoms with van der Waals surface area (Å²) in [5, 5.41) is 0. The van der Waals surface area contributed by atoms with E-state index in [0.29, 0.717) is 0 Å². The van der Waals surface area contributed by atoms with Crippen LogP contribution in [0.1, 0.15) is 23.6 Å². The zero-order valence-corrected chi connectivity index (χ0v) is 11.2. The van der Waals surface area contributed by atoms with E-state index in [0.717, 1.165) is 20.8 Å². The first-order valence-corrected chi connectivity index (χ1v) is 4.83. The molecule has 0 unspecified atom stereocenters. The SMILES string of the molecule is CC(=O)OP(=O)(OC(C)=O)C(C)=O.[Ca+2].[H-].[H-]. The van der Waals surface area contributed by atoms with Crippen LogP contribution in [0.3, 0.4) is 0 Å². The molecule has 78 valence electrons. The molecule has 0 aliphatic rings. The van der Waals surface area contributed by atoms with Crippen LogP contribution in [0.2, 0.25) is 0 Å². The Balaban J connectivity index is -0.000000240. The van der Waals surface area contributed by atoms with E-state index in [9.17, 15) is 18.9 Å². The third-order valence-corrected chi connectivity index (χ3v) is 2.65. The molecule has 0 aromatic heterocycles. The standard InChI is InChI=1S/C6H9O6P.Ca.2H/c1-4(7)11-13(10,6(3)9)12-5(2)8;;;/h1-3H3;;;/q;+2;2*-1. The fourth-order valence-electron chi connectivity index (χ4n) is 0.486. The van der Waals surface area contributed by atoms with E-state index < -0.39 is 25.1 Å². The van der Waals surface area contributed by atoms with Gasteiger partial charge in [0.1, 0.15) is 0 Å². The summed E-state index contributed by atoms with van der Waals surface area (Å²) in [6, 6.07) is 0. The second-order valence-electron chi connectivity index (χ2n) is 2.18. The van der Waals surface area contributed by atoms with Gasteiger partial charge < -0.3 is 11.9 Å². The maximum absolute atomic E-state index is 11.3. The van der Waals surface area contributed by atoms with E-state index >= 15 is 0 Å². The summed E-state index contributed by atoms with van der Waals surface area (Å²) in [7, 11) is -4.24. The van der Waals surface area contributed by atoms with E-state index in [-0.39, 0.29) is 40.6 Å². The summed E-state index contributed by atoms with van der Waals surface area (Å²) >= 11 is 0. The Labute approximate surface area is 114 Å². The van der Waals surface area contributed by atoms with Crippen molar-refractivity contribution in [2.75, 3.05) is 0 Å². The number of hydrogen-bond donors (Lipinski definition) is 0. The van der Waals surface area contributed by atoms with Gasteiger partial charge in [0.25, 0.3) is 5.52 Å². The molecule has 14 heavy (non-hydrogen) atoms. The minimum Gasteiger partial charge on any atom is -1.00 e. The smallest absolute Gasteiger partial charge is 1.00 e. The van der Waals surface area contributed by atoms with Crippen LogP contribution in [0.4, 0.5) is 0 Å². The van der Waals surface area contributed by atoms with Crippen molar-refractivity contribution in [2.24, 2.45) is 0 Å². The van der Waals surface area contributed by atoms with Crippen molar-refractivity contribution in [1.29, 1.82) is 0 Å². The van der Waals surface area contributed by atoms with Crippen LogP contribution in [0.15, 0.2) is 0 Å². The fraction of sp³-hybridized carbons (Fsp3) is 0.500. The van der Waals surface area contributed by atoms with E-state index in [1.54, 1.807) is 0 Å². The van der Waals surface area contributed by atoms with Gasteiger partial charge in [-0.3, -0.25) is 14.4 Å². The summed E-state index contributed by atoms with van der Waals surface area (Å²) in [4.78, 5) is 31.5. The Bertz CT molecular complexity index is 287. The largest absolute Gasteiger partial charge is 2.00 e. The van der Waals surface area contributed by atoms with Crippen molar-refractivity contribution < 1.29 is 30.8 Å². The topological polar surface area (TPSA) is 86.7 Å². The quantitative estimate of drug-likeness (QED) is 0.541. The van der Waals surface area contributed by atoms with E-state index in [2.05, 4.69) is 9.05 Å². The van der Waals surface area contributed by atoms with Gasteiger partial charge in [-0.25, -0.2) is 4.57 Å². The molecular weight excluding hydrogens is 239 g/mol. The van der Waals surface area contributed by atoms with Crippen molar-refractivity contribution in [3.8, 4) is 0 Å². The predicted molar refractivity (Wildman–Crippen MR) is 49.8 cm³/mol. The summed E-state index contributed by atoms with van der Waals surface area (Å²) in [6.07, 6.45) is 0. The van der Waals surface area contributed by atoms with Gasteiger partial charge in [0, 0.05) is 20.8 Å². The van der Waals surface area contributed by atoms with Gasteiger partial charge in [-0.2, -0.15) is 0 Å². The van der Waals surface area contributed by atoms with Crippen LogP contribution in [-0.2, 0) is 28.0 Å². The molecule has 6 nitrogen and oxygen atoms in total. The third-order valence-electron chi connectivity index (χ3n) is 0.883. The maximum Gasteiger partial charge on any atom is 2.00 e. The second-order valence-corrected chi connectivity index (χ2v) is 4.17. The number of carbonyl (C=O) groups is 3. The van der Waals surface area contributed by atoms with Gasteiger partial charge in [-0.15, -0.1) is 0 Å². The molecule has 0 aliphatic heterocycles. The molecule has 0 saturated carbocycles. The predicted octanol–water partition coefficient (Wildman–Crippen LogP) is 0.696. The van der Waals surface area contributed by atoms with Gasteiger partial charge >= 0.3 is 57.3 Å². The number of rotatable bonds is 3. The average molecular weight is 250 g/mol. The van der Waals surface area contributed by atoms with Crippen LogP contribution in [0, 0.1) is 0 Å². The fourth-order valence-corrected chi connectivity index (χ4v) is 1.46. The van der Waals surface area contributed by atoms with Gasteiger partial charge in [0.05, 0.1) is 0 Å². The molecule has 0 N–H and O–H groups in total. The van der Waals surface area contributed by atoms with Crippen LogP contribution in [0.5, 0.6) is 0 Å². The molecule has 0 heterocycles. The molecule has 0 radical (unpaired) electrons. The summed E-state index contributed by atoms with van der Waals surface area (Å²) in [6.45, 7) is 2.82. The Kier molecular flexibility index (Phi) is 7.74. The first-order valence-electron chi connectivity index (χ1n) is 3.29. The first-order chi connectivity index (χ1) is 5.78. The van der Waals surface area contributed by atoms with Gasteiger partial charge in [-0.05, 0) is 0 Å². The average Bonchev–Trinajstić information content (AvgIpc) is 1.82. The summed E-state index contributed by atoms with van der Waals surface area (Å²) < 4.78 is 19.6. The van der Waals surface area contributed by atoms with Crippen molar-refractivity contribution in [3.63, 3.8) is 0 Å². The minimum absolute atomic E-state index is 0. The van der Waals surface area contributed by atoms with E-state index in [1.807, 2.05) is 0 Å². The third kappa shape index (κ3) is 5.75. The number of hydrogen-bond acceptors (Lipinski definition) is 6. The summed E-state index contributed by atoms with van der Waals surface area (Å²) in [5.41, 5.74) is -0.988. The zero-order chi connectivity index (χ0) is 10.6. The van der Waals surface area contributed by atoms with Crippen molar-refractivity contribution >= 4 is 62.8 Å². The van der Waals surface area contributed by atoms with Crippen molar-refractivity contribution in [3.05, 3.63) is 0 Å². The van der Waals surface area contributed by atoms with Crippen LogP contribution in [-0.4, -0.2) is 55.2 Å². The normalized spacial score (nSPS) is 9.64. The van der Waals surface area contributed by atoms with Gasteiger partial charge in [0.2, 0.25) is 0 Å². The van der Waals surface area contributed by atoms with E-state index in [1.165, 1.54) is 0 Å². The molecule has 0 atom stereocenters. The van der Waals surface area contributed by atoms with E-state index in [4.69, 9.17) is 0 Å². The molecule has 0 aromatic rings. The van der Waals surface area contributed by atoms with Crippen molar-refractivity contribution in [1.82, 2.24) is 0 Å². The molecular formula is C6H11CaO6P. The Morgan fingerprint density at radius 1 is 1.00 bits per heavy atom. The van der Waals surface area contributed by atoms with Crippen LogP contribution >= 0.6 is 7.60 Å². The van der Waals surface area contributed by atoms with Gasteiger partial charge in [0.15, 0.2) is 0 Å². The first kappa shape index (κ1) is 16.5. The van der Waals surface area contributed by atoms with Crippen LogP contribution < -0.4 is 0 Å². The summed E-state index contributed by atoms with van der Waals surface area (Å²) in [5.74, 6) is -1.89. The molecule has 8 heteroatoms. The molecule has 0 fully saturated rings. The molecule has 0 saturated heterocycles. The Morgan fingerprint density at radius 3 is 1.43 bits per heavy atom. The van der Waals surface area contributed by atoms with Gasteiger partial charge in [-0.1, -0.05) is 0 Å². The number of carbonyl (C=O) groups excluding carboxylic acids is 3. The molecule has 0 aromatic carbocycles. The maximum atomic E-state index is 11.3. The van der Waals surface area contributed by atoms with Crippen molar-refractivity contribution in [2.45, 2.75) is 20.8 Å². The monoisotopic (exact) mass is 250 g/mol. The molecule has 0 rings (SSSR count). The second kappa shape index (κ2) is 6.56. The zero-order valence-electron chi connectivity index (χ0n) is 10.1. The Hall–Kier alpha value is 0.0997. The molecule has 0 bridgehead atoms.